The van der Waals surface area contributed by atoms with Gasteiger partial charge in [0.25, 0.3) is 0 Å². The maximum absolute atomic E-state index is 5.90. The van der Waals surface area contributed by atoms with Crippen molar-refractivity contribution in [3.05, 3.63) is 16.4 Å². The Morgan fingerprint density at radius 2 is 2.17 bits per heavy atom. The molecule has 1 unspecified atom stereocenters. The quantitative estimate of drug-likeness (QED) is 0.876. The highest BCUT2D eigenvalue weighted by atomic mass is 79.9. The molecule has 0 spiro atoms. The van der Waals surface area contributed by atoms with E-state index in [-0.39, 0.29) is 11.6 Å². The smallest absolute Gasteiger partial charge is 0.0741 e. The molecule has 0 aliphatic rings. The van der Waals surface area contributed by atoms with Gasteiger partial charge in [-0.1, -0.05) is 6.92 Å². The van der Waals surface area contributed by atoms with E-state index in [1.165, 1.54) is 0 Å². The van der Waals surface area contributed by atoms with Crippen LogP contribution in [0.5, 0.6) is 0 Å². The number of aromatic nitrogens is 2. The van der Waals surface area contributed by atoms with Crippen LogP contribution >= 0.6 is 15.9 Å². The van der Waals surface area contributed by atoms with E-state index in [4.69, 9.17) is 4.74 Å². The van der Waals surface area contributed by atoms with Crippen LogP contribution in [0.3, 0.4) is 0 Å². The molecule has 18 heavy (non-hydrogen) atoms. The van der Waals surface area contributed by atoms with Gasteiger partial charge in [-0.25, -0.2) is 0 Å². The fourth-order valence-electron chi connectivity index (χ4n) is 1.70. The summed E-state index contributed by atoms with van der Waals surface area (Å²) in [5.41, 5.74) is 1.00. The SMILES string of the molecule is CCCNC(COC(C)(C)C)c1c(Br)cnn1C. The largest absolute Gasteiger partial charge is 0.374 e. The standard InChI is InChI=1S/C13H24BrN3O/c1-6-7-15-11(9-18-13(2,3)4)12-10(14)8-16-17(12)5/h8,11,15H,6-7,9H2,1-5H3. The molecular weight excluding hydrogens is 294 g/mol. The predicted octanol–water partition coefficient (Wildman–Crippen LogP) is 3.04. The van der Waals surface area contributed by atoms with E-state index < -0.39 is 0 Å². The number of nitrogens with zero attached hydrogens (tertiary/aromatic N) is 2. The summed E-state index contributed by atoms with van der Waals surface area (Å²) in [6, 6.07) is 0.158. The van der Waals surface area contributed by atoms with Crippen molar-refractivity contribution in [2.45, 2.75) is 45.8 Å². The summed E-state index contributed by atoms with van der Waals surface area (Å²) < 4.78 is 8.81. The number of nitrogens with one attached hydrogen (secondary N) is 1. The molecule has 1 aromatic rings. The topological polar surface area (TPSA) is 39.1 Å². The Kier molecular flexibility index (Phi) is 5.82. The van der Waals surface area contributed by atoms with Gasteiger partial charge in [-0.05, 0) is 49.7 Å². The Balaban J connectivity index is 2.78. The van der Waals surface area contributed by atoms with Gasteiger partial charge in [0.15, 0.2) is 0 Å². The Morgan fingerprint density at radius 3 is 2.61 bits per heavy atom. The molecular formula is C13H24BrN3O. The Morgan fingerprint density at radius 1 is 1.50 bits per heavy atom. The molecule has 0 aromatic carbocycles. The summed E-state index contributed by atoms with van der Waals surface area (Å²) in [6.07, 6.45) is 2.93. The maximum atomic E-state index is 5.90. The first-order chi connectivity index (χ1) is 8.35. The first-order valence-electron chi connectivity index (χ1n) is 6.40. The predicted molar refractivity (Wildman–Crippen MR) is 77.6 cm³/mol. The molecule has 0 aliphatic heterocycles. The molecule has 0 saturated heterocycles. The summed E-state index contributed by atoms with van der Waals surface area (Å²) in [4.78, 5) is 0. The zero-order valence-electron chi connectivity index (χ0n) is 12.0. The van der Waals surface area contributed by atoms with Crippen LogP contribution < -0.4 is 5.32 Å². The van der Waals surface area contributed by atoms with Gasteiger partial charge in [-0.3, -0.25) is 4.68 Å². The van der Waals surface area contributed by atoms with Gasteiger partial charge in [0, 0.05) is 7.05 Å². The van der Waals surface area contributed by atoms with Gasteiger partial charge in [-0.2, -0.15) is 5.10 Å². The minimum Gasteiger partial charge on any atom is -0.374 e. The number of hydrogen-bond donors (Lipinski definition) is 1. The molecule has 1 aromatic heterocycles. The van der Waals surface area contributed by atoms with Crippen molar-refractivity contribution < 1.29 is 4.74 Å². The average molecular weight is 318 g/mol. The van der Waals surface area contributed by atoms with Crippen LogP contribution in [0.25, 0.3) is 0 Å². The van der Waals surface area contributed by atoms with E-state index >= 15 is 0 Å². The van der Waals surface area contributed by atoms with Crippen LogP contribution in [0.2, 0.25) is 0 Å². The average Bonchev–Trinajstić information content (AvgIpc) is 2.59. The highest BCUT2D eigenvalue weighted by Gasteiger charge is 2.21. The minimum absolute atomic E-state index is 0.128. The molecule has 0 saturated carbocycles. The van der Waals surface area contributed by atoms with Crippen molar-refractivity contribution in [3.8, 4) is 0 Å². The van der Waals surface area contributed by atoms with Crippen LogP contribution in [-0.2, 0) is 11.8 Å². The van der Waals surface area contributed by atoms with E-state index in [0.717, 1.165) is 23.1 Å². The van der Waals surface area contributed by atoms with Crippen molar-refractivity contribution in [2.75, 3.05) is 13.2 Å². The molecule has 0 fully saturated rings. The summed E-state index contributed by atoms with van der Waals surface area (Å²) >= 11 is 3.55. The highest BCUT2D eigenvalue weighted by molar-refractivity contribution is 9.10. The second kappa shape index (κ2) is 6.68. The van der Waals surface area contributed by atoms with Crippen LogP contribution in [0.4, 0.5) is 0 Å². The molecule has 0 aliphatic carbocycles. The Labute approximate surface area is 118 Å². The number of halogens is 1. The van der Waals surface area contributed by atoms with Crippen LogP contribution in [0, 0.1) is 0 Å². The lowest BCUT2D eigenvalue weighted by atomic mass is 10.1. The van der Waals surface area contributed by atoms with Crippen molar-refractivity contribution in [2.24, 2.45) is 7.05 Å². The monoisotopic (exact) mass is 317 g/mol. The van der Waals surface area contributed by atoms with Crippen molar-refractivity contribution in [1.29, 1.82) is 0 Å². The van der Waals surface area contributed by atoms with Gasteiger partial charge >= 0.3 is 0 Å². The van der Waals surface area contributed by atoms with E-state index in [1.807, 2.05) is 17.9 Å². The zero-order chi connectivity index (χ0) is 13.8. The van der Waals surface area contributed by atoms with Crippen molar-refractivity contribution in [1.82, 2.24) is 15.1 Å². The first kappa shape index (κ1) is 15.7. The summed E-state index contributed by atoms with van der Waals surface area (Å²) in [7, 11) is 1.96. The minimum atomic E-state index is -0.128. The van der Waals surface area contributed by atoms with Crippen LogP contribution in [-0.4, -0.2) is 28.5 Å². The van der Waals surface area contributed by atoms with E-state index in [2.05, 4.69) is 54.0 Å². The van der Waals surface area contributed by atoms with Crippen molar-refractivity contribution in [3.63, 3.8) is 0 Å². The van der Waals surface area contributed by atoms with E-state index in [9.17, 15) is 0 Å². The summed E-state index contributed by atoms with van der Waals surface area (Å²) in [5.74, 6) is 0. The second-order valence-corrected chi connectivity index (χ2v) is 6.29. The van der Waals surface area contributed by atoms with Gasteiger partial charge in [-0.15, -0.1) is 0 Å². The van der Waals surface area contributed by atoms with Gasteiger partial charge in [0.05, 0.1) is 34.6 Å². The molecule has 1 N–H and O–H groups in total. The molecule has 104 valence electrons. The normalized spacial score (nSPS) is 13.9. The molecule has 4 nitrogen and oxygen atoms in total. The molecule has 1 heterocycles. The first-order valence-corrected chi connectivity index (χ1v) is 7.19. The van der Waals surface area contributed by atoms with Crippen LogP contribution in [0.15, 0.2) is 10.7 Å². The molecule has 0 amide bonds. The fraction of sp³-hybridized carbons (Fsp3) is 0.769. The van der Waals surface area contributed by atoms with Crippen molar-refractivity contribution >= 4 is 15.9 Å². The Hall–Kier alpha value is -0.390. The number of ether oxygens (including phenoxy) is 1. The maximum Gasteiger partial charge on any atom is 0.0741 e. The molecule has 0 radical (unpaired) electrons. The fourth-order valence-corrected chi connectivity index (χ4v) is 2.32. The highest BCUT2D eigenvalue weighted by Crippen LogP contribution is 2.24. The third-order valence-electron chi connectivity index (χ3n) is 2.59. The molecule has 0 bridgehead atoms. The summed E-state index contributed by atoms with van der Waals surface area (Å²) in [5, 5.41) is 7.77. The zero-order valence-corrected chi connectivity index (χ0v) is 13.5. The van der Waals surface area contributed by atoms with Crippen LogP contribution in [0.1, 0.15) is 45.9 Å². The number of rotatable bonds is 6. The summed E-state index contributed by atoms with van der Waals surface area (Å²) in [6.45, 7) is 9.98. The lowest BCUT2D eigenvalue weighted by Crippen LogP contribution is -2.32. The third kappa shape index (κ3) is 4.71. The van der Waals surface area contributed by atoms with E-state index in [1.54, 1.807) is 0 Å². The number of hydrogen-bond acceptors (Lipinski definition) is 3. The van der Waals surface area contributed by atoms with Gasteiger partial charge in [0.1, 0.15) is 0 Å². The van der Waals surface area contributed by atoms with Gasteiger partial charge in [0.2, 0.25) is 0 Å². The molecule has 1 atom stereocenters. The molecule has 5 heteroatoms. The molecule has 1 rings (SSSR count). The third-order valence-corrected chi connectivity index (χ3v) is 3.20. The Bertz CT molecular complexity index is 351. The lowest BCUT2D eigenvalue weighted by Gasteiger charge is -2.25. The van der Waals surface area contributed by atoms with Gasteiger partial charge < -0.3 is 10.1 Å². The van der Waals surface area contributed by atoms with E-state index in [0.29, 0.717) is 6.61 Å². The second-order valence-electron chi connectivity index (χ2n) is 5.43. The lowest BCUT2D eigenvalue weighted by molar-refractivity contribution is -0.0157. The number of aryl methyl sites for hydroxylation is 1.